The number of carbonyl (C=O) groups excluding carboxylic acids is 1. The fraction of sp³-hybridized carbons (Fsp3) is 0.455. The molecule has 0 saturated heterocycles. The average molecular weight is 302 g/mol. The Hall–Kier alpha value is -0.980. The first-order valence-corrected chi connectivity index (χ1v) is 6.02. The van der Waals surface area contributed by atoms with Crippen LogP contribution >= 0.6 is 15.9 Å². The molecular weight excluding hydrogens is 286 g/mol. The van der Waals surface area contributed by atoms with Gasteiger partial charge in [-0.2, -0.15) is 0 Å². The molecule has 0 aliphatic heterocycles. The van der Waals surface area contributed by atoms with E-state index in [1.807, 2.05) is 13.0 Å². The average Bonchev–Trinajstić information content (AvgIpc) is 2.31. The van der Waals surface area contributed by atoms with Crippen LogP contribution in [0.3, 0.4) is 0 Å². The number of aryl methyl sites for hydroxylation is 1. The van der Waals surface area contributed by atoms with Gasteiger partial charge in [-0.05, 0) is 35.0 Å². The van der Waals surface area contributed by atoms with Gasteiger partial charge in [0.05, 0.1) is 18.2 Å². The van der Waals surface area contributed by atoms with Crippen LogP contribution in [-0.4, -0.2) is 30.6 Å². The van der Waals surface area contributed by atoms with Gasteiger partial charge in [0.25, 0.3) is 0 Å². The highest BCUT2D eigenvalue weighted by atomic mass is 79.9. The van der Waals surface area contributed by atoms with Crippen molar-refractivity contribution in [3.63, 3.8) is 0 Å². The molecule has 6 heteroatoms. The summed E-state index contributed by atoms with van der Waals surface area (Å²) >= 11 is 3.35. The summed E-state index contributed by atoms with van der Waals surface area (Å²) in [5, 5.41) is 2.70. The Morgan fingerprint density at radius 3 is 2.88 bits per heavy atom. The number of nitrogens with zero attached hydrogens (tertiary/aromatic N) is 1. The summed E-state index contributed by atoms with van der Waals surface area (Å²) in [4.78, 5) is 15.9. The maximum absolute atomic E-state index is 11.6. The van der Waals surface area contributed by atoms with Crippen molar-refractivity contribution in [2.45, 2.75) is 19.4 Å². The molecule has 1 unspecified atom stereocenters. The van der Waals surface area contributed by atoms with Crippen molar-refractivity contribution in [1.29, 1.82) is 0 Å². The molecule has 3 N–H and O–H groups in total. The van der Waals surface area contributed by atoms with Crippen molar-refractivity contribution >= 4 is 27.7 Å². The molecule has 0 saturated carbocycles. The third-order valence-electron chi connectivity index (χ3n) is 2.30. The van der Waals surface area contributed by atoms with Crippen LogP contribution in [0.4, 0.5) is 5.82 Å². The van der Waals surface area contributed by atoms with E-state index in [1.165, 1.54) is 7.11 Å². The number of pyridine rings is 1. The fourth-order valence-corrected chi connectivity index (χ4v) is 1.50. The number of nitrogens with one attached hydrogen (secondary N) is 1. The van der Waals surface area contributed by atoms with E-state index in [4.69, 9.17) is 10.5 Å². The van der Waals surface area contributed by atoms with E-state index >= 15 is 0 Å². The van der Waals surface area contributed by atoms with E-state index in [0.717, 1.165) is 10.2 Å². The first-order chi connectivity index (χ1) is 8.06. The second-order valence-electron chi connectivity index (χ2n) is 3.61. The maximum atomic E-state index is 11.6. The number of anilines is 1. The van der Waals surface area contributed by atoms with E-state index in [9.17, 15) is 4.79 Å². The number of aromatic nitrogens is 1. The Morgan fingerprint density at radius 2 is 2.35 bits per heavy atom. The normalized spacial score (nSPS) is 12.2. The Morgan fingerprint density at radius 1 is 1.65 bits per heavy atom. The van der Waals surface area contributed by atoms with Gasteiger partial charge in [-0.1, -0.05) is 0 Å². The zero-order valence-corrected chi connectivity index (χ0v) is 11.5. The van der Waals surface area contributed by atoms with Crippen LogP contribution in [0.5, 0.6) is 0 Å². The summed E-state index contributed by atoms with van der Waals surface area (Å²) in [5.41, 5.74) is 6.27. The number of hydrogen-bond donors (Lipinski definition) is 2. The van der Waals surface area contributed by atoms with Gasteiger partial charge in [0, 0.05) is 18.1 Å². The molecule has 1 atom stereocenters. The quantitative estimate of drug-likeness (QED) is 0.863. The highest BCUT2D eigenvalue weighted by Gasteiger charge is 2.12. The van der Waals surface area contributed by atoms with E-state index in [-0.39, 0.29) is 18.4 Å². The molecule has 0 radical (unpaired) electrons. The summed E-state index contributed by atoms with van der Waals surface area (Å²) in [6.07, 6.45) is -0.0318. The number of ether oxygens (including phenoxy) is 1. The number of rotatable bonds is 5. The molecule has 94 valence electrons. The number of halogens is 1. The van der Waals surface area contributed by atoms with Gasteiger partial charge in [-0.15, -0.1) is 0 Å². The lowest BCUT2D eigenvalue weighted by atomic mass is 10.2. The minimum atomic E-state index is -0.258. The molecule has 1 aromatic rings. The molecule has 1 aromatic heterocycles. The Bertz CT molecular complexity index is 394. The number of hydrogen-bond acceptors (Lipinski definition) is 4. The number of nitrogens with two attached hydrogens (primary N) is 1. The molecular formula is C11H16BrN3O2. The van der Waals surface area contributed by atoms with Crippen molar-refractivity contribution in [2.24, 2.45) is 5.73 Å². The Balaban J connectivity index is 2.58. The van der Waals surface area contributed by atoms with Crippen molar-refractivity contribution in [3.8, 4) is 0 Å². The van der Waals surface area contributed by atoms with Gasteiger partial charge in [-0.25, -0.2) is 4.98 Å². The molecule has 0 aliphatic rings. The van der Waals surface area contributed by atoms with Crippen LogP contribution in [0.2, 0.25) is 0 Å². The topological polar surface area (TPSA) is 77.2 Å². The predicted molar refractivity (Wildman–Crippen MR) is 69.8 cm³/mol. The third-order valence-corrected chi connectivity index (χ3v) is 3.14. The molecule has 1 rings (SSSR count). The maximum Gasteiger partial charge on any atom is 0.228 e. The monoisotopic (exact) mass is 301 g/mol. The molecule has 17 heavy (non-hydrogen) atoms. The molecule has 5 nitrogen and oxygen atoms in total. The SMILES string of the molecule is COC(CN)CC(=O)Nc1ccc(Br)c(C)n1. The number of carbonyl (C=O) groups is 1. The van der Waals surface area contributed by atoms with Crippen LogP contribution in [0, 0.1) is 6.92 Å². The van der Waals surface area contributed by atoms with Crippen LogP contribution < -0.4 is 11.1 Å². The summed E-state index contributed by atoms with van der Waals surface area (Å²) in [7, 11) is 1.53. The molecule has 0 spiro atoms. The van der Waals surface area contributed by atoms with Gasteiger partial charge in [-0.3, -0.25) is 4.79 Å². The highest BCUT2D eigenvalue weighted by molar-refractivity contribution is 9.10. The van der Waals surface area contributed by atoms with Gasteiger partial charge >= 0.3 is 0 Å². The molecule has 0 aromatic carbocycles. The first kappa shape index (κ1) is 14.1. The molecule has 1 heterocycles. The number of methoxy groups -OCH3 is 1. The third kappa shape index (κ3) is 4.41. The zero-order valence-electron chi connectivity index (χ0n) is 9.87. The lowest BCUT2D eigenvalue weighted by molar-refractivity contribution is -0.118. The number of amides is 1. The van der Waals surface area contributed by atoms with Crippen LogP contribution in [0.1, 0.15) is 12.1 Å². The molecule has 0 fully saturated rings. The fourth-order valence-electron chi connectivity index (χ4n) is 1.28. The lowest BCUT2D eigenvalue weighted by Gasteiger charge is -2.12. The van der Waals surface area contributed by atoms with Crippen molar-refractivity contribution in [3.05, 3.63) is 22.3 Å². The van der Waals surface area contributed by atoms with E-state index in [0.29, 0.717) is 12.4 Å². The highest BCUT2D eigenvalue weighted by Crippen LogP contribution is 2.16. The zero-order chi connectivity index (χ0) is 12.8. The van der Waals surface area contributed by atoms with E-state index in [2.05, 4.69) is 26.2 Å². The smallest absolute Gasteiger partial charge is 0.228 e. The largest absolute Gasteiger partial charge is 0.380 e. The second kappa shape index (κ2) is 6.68. The predicted octanol–water partition coefficient (Wildman–Crippen LogP) is 1.45. The van der Waals surface area contributed by atoms with Crippen molar-refractivity contribution in [2.75, 3.05) is 19.0 Å². The van der Waals surface area contributed by atoms with Gasteiger partial charge < -0.3 is 15.8 Å². The summed E-state index contributed by atoms with van der Waals surface area (Å²) in [5.74, 6) is 0.374. The van der Waals surface area contributed by atoms with Crippen LogP contribution in [0.15, 0.2) is 16.6 Å². The van der Waals surface area contributed by atoms with Gasteiger partial charge in [0.15, 0.2) is 0 Å². The lowest BCUT2D eigenvalue weighted by Crippen LogP contribution is -2.28. The van der Waals surface area contributed by atoms with E-state index < -0.39 is 0 Å². The summed E-state index contributed by atoms with van der Waals surface area (Å²) in [6, 6.07) is 3.58. The Labute approximate surface area is 109 Å². The second-order valence-corrected chi connectivity index (χ2v) is 4.46. The minimum absolute atomic E-state index is 0.156. The minimum Gasteiger partial charge on any atom is -0.380 e. The summed E-state index contributed by atoms with van der Waals surface area (Å²) in [6.45, 7) is 2.17. The standard InChI is InChI=1S/C11H16BrN3O2/c1-7-9(12)3-4-10(14-7)15-11(16)5-8(6-13)17-2/h3-4,8H,5-6,13H2,1-2H3,(H,14,15,16). The van der Waals surface area contributed by atoms with Crippen molar-refractivity contribution < 1.29 is 9.53 Å². The van der Waals surface area contributed by atoms with Crippen LogP contribution in [-0.2, 0) is 9.53 Å². The van der Waals surface area contributed by atoms with Gasteiger partial charge in [0.1, 0.15) is 5.82 Å². The van der Waals surface area contributed by atoms with Crippen molar-refractivity contribution in [1.82, 2.24) is 4.98 Å². The Kier molecular flexibility index (Phi) is 5.54. The molecule has 0 aliphatic carbocycles. The molecule has 0 bridgehead atoms. The van der Waals surface area contributed by atoms with Gasteiger partial charge in [0.2, 0.25) is 5.91 Å². The summed E-state index contributed by atoms with van der Waals surface area (Å²) < 4.78 is 5.95. The van der Waals surface area contributed by atoms with E-state index in [1.54, 1.807) is 6.07 Å². The van der Waals surface area contributed by atoms with Crippen LogP contribution in [0.25, 0.3) is 0 Å². The first-order valence-electron chi connectivity index (χ1n) is 5.22. The molecule has 1 amide bonds.